The maximum absolute atomic E-state index is 12.7. The van der Waals surface area contributed by atoms with Crippen LogP contribution in [0.25, 0.3) is 22.2 Å². The van der Waals surface area contributed by atoms with E-state index in [9.17, 15) is 4.79 Å². The topological polar surface area (TPSA) is 60.7 Å². The summed E-state index contributed by atoms with van der Waals surface area (Å²) in [5.74, 6) is 0.0601. The summed E-state index contributed by atoms with van der Waals surface area (Å²) < 4.78 is 1.65. The molecule has 0 aliphatic rings. The number of nitrogens with zero attached hydrogens (tertiary/aromatic N) is 4. The average molecular weight is 342 g/mol. The third-order valence-electron chi connectivity index (χ3n) is 4.41. The van der Waals surface area contributed by atoms with Crippen molar-refractivity contribution in [2.75, 3.05) is 0 Å². The van der Waals surface area contributed by atoms with Gasteiger partial charge in [-0.2, -0.15) is 0 Å². The van der Waals surface area contributed by atoms with Crippen molar-refractivity contribution in [3.8, 4) is 11.1 Å². The summed E-state index contributed by atoms with van der Waals surface area (Å²) in [6.45, 7) is 0. The maximum Gasteiger partial charge on any atom is 0.232 e. The quantitative estimate of drug-likeness (QED) is 0.546. The Labute approximate surface area is 151 Å². The number of benzene rings is 2. The molecule has 0 N–H and O–H groups in total. The molecule has 0 fully saturated rings. The first kappa shape index (κ1) is 16.1. The van der Waals surface area contributed by atoms with Gasteiger partial charge in [0.15, 0.2) is 0 Å². The molecule has 0 spiro atoms. The van der Waals surface area contributed by atoms with Crippen molar-refractivity contribution in [3.05, 3.63) is 79.1 Å². The molecule has 2 aromatic heterocycles. The summed E-state index contributed by atoms with van der Waals surface area (Å²) in [5.41, 5.74) is 4.76. The Morgan fingerprint density at radius 1 is 0.962 bits per heavy atom. The fourth-order valence-corrected chi connectivity index (χ4v) is 3.04. The van der Waals surface area contributed by atoms with Crippen LogP contribution >= 0.6 is 0 Å². The molecule has 4 rings (SSSR count). The van der Waals surface area contributed by atoms with E-state index in [-0.39, 0.29) is 5.91 Å². The number of aryl methyl sites for hydroxylation is 1. The second-order valence-electron chi connectivity index (χ2n) is 6.18. The molecule has 4 aromatic rings. The number of carbonyl (C=O) groups is 1. The fraction of sp³-hybridized carbons (Fsp3) is 0.143. The number of fused-ring (bicyclic) bond motifs is 1. The number of hydrogen-bond acceptors (Lipinski definition) is 4. The van der Waals surface area contributed by atoms with Gasteiger partial charge in [-0.1, -0.05) is 36.4 Å². The number of hydrogen-bond donors (Lipinski definition) is 0. The summed E-state index contributed by atoms with van der Waals surface area (Å²) in [6, 6.07) is 16.1. The average Bonchev–Trinajstić information content (AvgIpc) is 3.13. The monoisotopic (exact) mass is 342 g/mol. The number of aromatic nitrogens is 4. The van der Waals surface area contributed by atoms with Gasteiger partial charge in [0.2, 0.25) is 5.91 Å². The smallest absolute Gasteiger partial charge is 0.232 e. The van der Waals surface area contributed by atoms with E-state index in [4.69, 9.17) is 0 Å². The molecule has 0 unspecified atom stereocenters. The van der Waals surface area contributed by atoms with Crippen LogP contribution in [0.5, 0.6) is 0 Å². The van der Waals surface area contributed by atoms with Gasteiger partial charge in [0, 0.05) is 24.4 Å². The molecule has 26 heavy (non-hydrogen) atoms. The molecule has 0 aliphatic heterocycles. The standard InChI is InChI=1S/C21H18N4O/c26-21(8-4-7-16-5-2-1-3-6-16)25-15-24-19-10-9-17(11-20(19)25)18-12-22-14-23-13-18/h1-3,5-6,9-15H,4,7-8H2. The lowest BCUT2D eigenvalue weighted by molar-refractivity contribution is 0.0905. The van der Waals surface area contributed by atoms with Crippen LogP contribution in [-0.2, 0) is 6.42 Å². The molecular formula is C21H18N4O. The van der Waals surface area contributed by atoms with E-state index in [0.29, 0.717) is 6.42 Å². The van der Waals surface area contributed by atoms with Crippen LogP contribution in [0, 0.1) is 0 Å². The molecule has 0 amide bonds. The van der Waals surface area contributed by atoms with Crippen molar-refractivity contribution >= 4 is 16.9 Å². The van der Waals surface area contributed by atoms with Gasteiger partial charge in [-0.15, -0.1) is 0 Å². The Kier molecular flexibility index (Phi) is 4.51. The largest absolute Gasteiger partial charge is 0.274 e. The molecule has 2 heterocycles. The molecule has 5 nitrogen and oxygen atoms in total. The number of rotatable bonds is 5. The first-order valence-electron chi connectivity index (χ1n) is 8.61. The molecule has 0 bridgehead atoms. The van der Waals surface area contributed by atoms with E-state index in [2.05, 4.69) is 27.1 Å². The van der Waals surface area contributed by atoms with Gasteiger partial charge in [0.05, 0.1) is 11.0 Å². The molecule has 0 saturated heterocycles. The second kappa shape index (κ2) is 7.27. The van der Waals surface area contributed by atoms with E-state index < -0.39 is 0 Å². The Morgan fingerprint density at radius 2 is 1.77 bits per heavy atom. The van der Waals surface area contributed by atoms with E-state index >= 15 is 0 Å². The van der Waals surface area contributed by atoms with E-state index in [0.717, 1.165) is 35.0 Å². The van der Waals surface area contributed by atoms with Crippen LogP contribution in [0.15, 0.2) is 73.6 Å². The minimum absolute atomic E-state index is 0.0601. The molecule has 0 aliphatic carbocycles. The van der Waals surface area contributed by atoms with Crippen molar-refractivity contribution in [2.45, 2.75) is 19.3 Å². The van der Waals surface area contributed by atoms with E-state index in [1.54, 1.807) is 23.3 Å². The van der Waals surface area contributed by atoms with E-state index in [1.807, 2.05) is 36.4 Å². The van der Waals surface area contributed by atoms with Gasteiger partial charge < -0.3 is 0 Å². The first-order valence-corrected chi connectivity index (χ1v) is 8.61. The molecule has 0 atom stereocenters. The Balaban J connectivity index is 1.53. The zero-order valence-corrected chi connectivity index (χ0v) is 14.2. The molecule has 128 valence electrons. The lowest BCUT2D eigenvalue weighted by Crippen LogP contribution is -2.09. The third-order valence-corrected chi connectivity index (χ3v) is 4.41. The van der Waals surface area contributed by atoms with Gasteiger partial charge in [-0.25, -0.2) is 15.0 Å². The normalized spacial score (nSPS) is 10.9. The predicted octanol–water partition coefficient (Wildman–Crippen LogP) is 4.16. The predicted molar refractivity (Wildman–Crippen MR) is 101 cm³/mol. The lowest BCUT2D eigenvalue weighted by Gasteiger charge is -2.05. The highest BCUT2D eigenvalue weighted by Gasteiger charge is 2.11. The SMILES string of the molecule is O=C(CCCc1ccccc1)n1cnc2ccc(-c3cncnc3)cc21. The lowest BCUT2D eigenvalue weighted by atomic mass is 10.1. The first-order chi connectivity index (χ1) is 12.8. The van der Waals surface area contributed by atoms with Crippen molar-refractivity contribution in [1.82, 2.24) is 19.5 Å². The van der Waals surface area contributed by atoms with Crippen LogP contribution in [0.1, 0.15) is 23.2 Å². The van der Waals surface area contributed by atoms with Crippen LogP contribution < -0.4 is 0 Å². The van der Waals surface area contributed by atoms with Crippen LogP contribution in [0.2, 0.25) is 0 Å². The summed E-state index contributed by atoms with van der Waals surface area (Å²) in [5, 5.41) is 0. The molecular weight excluding hydrogens is 324 g/mol. The van der Waals surface area contributed by atoms with Crippen molar-refractivity contribution in [3.63, 3.8) is 0 Å². The maximum atomic E-state index is 12.7. The minimum Gasteiger partial charge on any atom is -0.274 e. The van der Waals surface area contributed by atoms with Crippen LogP contribution in [0.4, 0.5) is 0 Å². The van der Waals surface area contributed by atoms with Crippen LogP contribution in [-0.4, -0.2) is 25.4 Å². The molecule has 0 radical (unpaired) electrons. The summed E-state index contributed by atoms with van der Waals surface area (Å²) in [7, 11) is 0. The summed E-state index contributed by atoms with van der Waals surface area (Å²) in [6.07, 6.45) is 8.83. The van der Waals surface area contributed by atoms with Crippen LogP contribution in [0.3, 0.4) is 0 Å². The van der Waals surface area contributed by atoms with Crippen molar-refractivity contribution in [2.24, 2.45) is 0 Å². The highest BCUT2D eigenvalue weighted by Crippen LogP contribution is 2.23. The van der Waals surface area contributed by atoms with Crippen molar-refractivity contribution in [1.29, 1.82) is 0 Å². The highest BCUT2D eigenvalue weighted by molar-refractivity contribution is 5.92. The van der Waals surface area contributed by atoms with Gasteiger partial charge in [0.25, 0.3) is 0 Å². The summed E-state index contributed by atoms with van der Waals surface area (Å²) in [4.78, 5) is 25.1. The van der Waals surface area contributed by atoms with Gasteiger partial charge in [-0.3, -0.25) is 9.36 Å². The molecule has 5 heteroatoms. The zero-order chi connectivity index (χ0) is 17.8. The minimum atomic E-state index is 0.0601. The Morgan fingerprint density at radius 3 is 2.58 bits per heavy atom. The Bertz CT molecular complexity index is 1030. The van der Waals surface area contributed by atoms with Gasteiger partial charge >= 0.3 is 0 Å². The number of imidazole rings is 1. The third kappa shape index (κ3) is 3.37. The van der Waals surface area contributed by atoms with Gasteiger partial charge in [0.1, 0.15) is 12.7 Å². The Hall–Kier alpha value is -3.34. The highest BCUT2D eigenvalue weighted by atomic mass is 16.2. The molecule has 0 saturated carbocycles. The number of carbonyl (C=O) groups excluding carboxylic acids is 1. The zero-order valence-electron chi connectivity index (χ0n) is 14.2. The molecule has 2 aromatic carbocycles. The van der Waals surface area contributed by atoms with E-state index in [1.165, 1.54) is 11.9 Å². The van der Waals surface area contributed by atoms with Crippen molar-refractivity contribution < 1.29 is 4.79 Å². The fourth-order valence-electron chi connectivity index (χ4n) is 3.04. The van der Waals surface area contributed by atoms with Gasteiger partial charge in [-0.05, 0) is 36.1 Å². The summed E-state index contributed by atoms with van der Waals surface area (Å²) >= 11 is 0. The second-order valence-corrected chi connectivity index (χ2v) is 6.18.